The molecule has 1 atom stereocenters. The van der Waals surface area contributed by atoms with Crippen LogP contribution < -0.4 is 0 Å². The van der Waals surface area contributed by atoms with Gasteiger partial charge in [0, 0.05) is 0 Å². The number of aryl methyl sites for hydroxylation is 1. The number of carbonyl (C=O) groups is 1. The van der Waals surface area contributed by atoms with Gasteiger partial charge in [0.05, 0.1) is 5.92 Å². The number of carboxylic acid groups (broad SMARTS) is 1. The molecule has 2 N–H and O–H groups in total. The number of phenolic OH excluding ortho intramolecular Hbond substituents is 1. The van der Waals surface area contributed by atoms with E-state index in [-0.39, 0.29) is 5.75 Å². The van der Waals surface area contributed by atoms with Crippen molar-refractivity contribution in [2.75, 3.05) is 0 Å². The van der Waals surface area contributed by atoms with Crippen molar-refractivity contribution < 1.29 is 15.0 Å². The van der Waals surface area contributed by atoms with Crippen molar-refractivity contribution in [3.63, 3.8) is 0 Å². The lowest BCUT2D eigenvalue weighted by Gasteiger charge is -2.07. The van der Waals surface area contributed by atoms with Gasteiger partial charge in [0.2, 0.25) is 0 Å². The van der Waals surface area contributed by atoms with Crippen molar-refractivity contribution in [2.24, 2.45) is 0 Å². The Kier molecular flexibility index (Phi) is 2.56. The van der Waals surface area contributed by atoms with Crippen LogP contribution in [0.15, 0.2) is 18.2 Å². The molecular formula is C10H12O3. The van der Waals surface area contributed by atoms with Gasteiger partial charge in [-0.05, 0) is 37.1 Å². The molecule has 70 valence electrons. The summed E-state index contributed by atoms with van der Waals surface area (Å²) < 4.78 is 0. The zero-order valence-corrected chi connectivity index (χ0v) is 7.61. The summed E-state index contributed by atoms with van der Waals surface area (Å²) >= 11 is 0. The Morgan fingerprint density at radius 2 is 2.00 bits per heavy atom. The molecule has 0 aliphatic carbocycles. The van der Waals surface area contributed by atoms with E-state index in [1.807, 2.05) is 6.92 Å². The first kappa shape index (κ1) is 9.58. The van der Waals surface area contributed by atoms with Gasteiger partial charge in [-0.2, -0.15) is 0 Å². The Labute approximate surface area is 76.6 Å². The monoisotopic (exact) mass is 180 g/mol. The molecule has 0 aliphatic rings. The second-order valence-corrected chi connectivity index (χ2v) is 3.16. The molecule has 0 saturated carbocycles. The lowest BCUT2D eigenvalue weighted by atomic mass is 9.99. The maximum absolute atomic E-state index is 10.6. The van der Waals surface area contributed by atoms with Crippen LogP contribution in [0, 0.1) is 6.92 Å². The normalized spacial score (nSPS) is 12.5. The molecule has 0 aromatic heterocycles. The first-order valence-corrected chi connectivity index (χ1v) is 4.04. The van der Waals surface area contributed by atoms with Crippen LogP contribution in [-0.2, 0) is 4.79 Å². The van der Waals surface area contributed by atoms with Gasteiger partial charge >= 0.3 is 5.97 Å². The first-order valence-electron chi connectivity index (χ1n) is 4.04. The maximum Gasteiger partial charge on any atom is 0.310 e. The second-order valence-electron chi connectivity index (χ2n) is 3.16. The van der Waals surface area contributed by atoms with Crippen molar-refractivity contribution in [3.05, 3.63) is 29.3 Å². The Morgan fingerprint density at radius 1 is 1.38 bits per heavy atom. The van der Waals surface area contributed by atoms with Crippen LogP contribution in [0.5, 0.6) is 5.75 Å². The molecule has 0 aliphatic heterocycles. The Bertz CT molecular complexity index is 311. The lowest BCUT2D eigenvalue weighted by molar-refractivity contribution is -0.138. The summed E-state index contributed by atoms with van der Waals surface area (Å²) in [5.74, 6) is -1.35. The number of phenols is 1. The SMILES string of the molecule is Cc1cc(O)cc(C(C)C(=O)O)c1. The summed E-state index contributed by atoms with van der Waals surface area (Å²) in [7, 11) is 0. The largest absolute Gasteiger partial charge is 0.508 e. The summed E-state index contributed by atoms with van der Waals surface area (Å²) in [6, 6.07) is 4.84. The van der Waals surface area contributed by atoms with Crippen LogP contribution in [0.2, 0.25) is 0 Å². The van der Waals surface area contributed by atoms with Gasteiger partial charge in [-0.3, -0.25) is 4.79 Å². The molecule has 0 bridgehead atoms. The molecule has 1 unspecified atom stereocenters. The summed E-state index contributed by atoms with van der Waals surface area (Å²) in [5, 5.41) is 18.0. The van der Waals surface area contributed by atoms with E-state index in [4.69, 9.17) is 5.11 Å². The number of aromatic hydroxyl groups is 1. The van der Waals surface area contributed by atoms with Gasteiger partial charge in [-0.15, -0.1) is 0 Å². The highest BCUT2D eigenvalue weighted by molar-refractivity contribution is 5.75. The lowest BCUT2D eigenvalue weighted by Crippen LogP contribution is -2.07. The molecule has 3 nitrogen and oxygen atoms in total. The molecule has 0 heterocycles. The number of rotatable bonds is 2. The Balaban J connectivity index is 3.07. The van der Waals surface area contributed by atoms with Crippen LogP contribution in [0.3, 0.4) is 0 Å². The smallest absolute Gasteiger partial charge is 0.310 e. The molecular weight excluding hydrogens is 168 g/mol. The Morgan fingerprint density at radius 3 is 2.46 bits per heavy atom. The van der Waals surface area contributed by atoms with E-state index in [1.54, 1.807) is 19.1 Å². The number of carboxylic acids is 1. The molecule has 0 spiro atoms. The zero-order chi connectivity index (χ0) is 10.0. The number of aliphatic carboxylic acids is 1. The molecule has 1 aromatic rings. The third-order valence-corrected chi connectivity index (χ3v) is 1.95. The highest BCUT2D eigenvalue weighted by atomic mass is 16.4. The van der Waals surface area contributed by atoms with Crippen LogP contribution >= 0.6 is 0 Å². The maximum atomic E-state index is 10.6. The van der Waals surface area contributed by atoms with Crippen molar-refractivity contribution in [1.82, 2.24) is 0 Å². The standard InChI is InChI=1S/C10H12O3/c1-6-3-8(5-9(11)4-6)7(2)10(12)13/h3-5,7,11H,1-2H3,(H,12,13). The van der Waals surface area contributed by atoms with Crippen LogP contribution in [0.4, 0.5) is 0 Å². The summed E-state index contributed by atoms with van der Waals surface area (Å²) in [5.41, 5.74) is 1.49. The van der Waals surface area contributed by atoms with E-state index < -0.39 is 11.9 Å². The van der Waals surface area contributed by atoms with Gasteiger partial charge in [-0.25, -0.2) is 0 Å². The summed E-state index contributed by atoms with van der Waals surface area (Å²) in [6.45, 7) is 3.41. The van der Waals surface area contributed by atoms with Crippen LogP contribution in [0.1, 0.15) is 24.0 Å². The predicted molar refractivity (Wildman–Crippen MR) is 48.9 cm³/mol. The molecule has 0 amide bonds. The third-order valence-electron chi connectivity index (χ3n) is 1.95. The van der Waals surface area contributed by atoms with E-state index in [9.17, 15) is 9.90 Å². The van der Waals surface area contributed by atoms with Gasteiger partial charge in [0.25, 0.3) is 0 Å². The fourth-order valence-electron chi connectivity index (χ4n) is 1.18. The van der Waals surface area contributed by atoms with E-state index in [1.165, 1.54) is 6.07 Å². The van der Waals surface area contributed by atoms with Gasteiger partial charge in [-0.1, -0.05) is 6.07 Å². The fraction of sp³-hybridized carbons (Fsp3) is 0.300. The van der Waals surface area contributed by atoms with Gasteiger partial charge < -0.3 is 10.2 Å². The molecule has 1 aromatic carbocycles. The Hall–Kier alpha value is -1.51. The van der Waals surface area contributed by atoms with Crippen molar-refractivity contribution in [2.45, 2.75) is 19.8 Å². The summed E-state index contributed by atoms with van der Waals surface area (Å²) in [6.07, 6.45) is 0. The average molecular weight is 180 g/mol. The number of benzene rings is 1. The van der Waals surface area contributed by atoms with Gasteiger partial charge in [0.1, 0.15) is 5.75 Å². The molecule has 0 saturated heterocycles. The van der Waals surface area contributed by atoms with E-state index >= 15 is 0 Å². The minimum absolute atomic E-state index is 0.114. The van der Waals surface area contributed by atoms with Crippen molar-refractivity contribution in [3.8, 4) is 5.75 Å². The topological polar surface area (TPSA) is 57.5 Å². The predicted octanol–water partition coefficient (Wildman–Crippen LogP) is 1.89. The van der Waals surface area contributed by atoms with E-state index in [2.05, 4.69) is 0 Å². The molecule has 0 radical (unpaired) electrons. The van der Waals surface area contributed by atoms with E-state index in [0.29, 0.717) is 5.56 Å². The highest BCUT2D eigenvalue weighted by Gasteiger charge is 2.14. The van der Waals surface area contributed by atoms with Gasteiger partial charge in [0.15, 0.2) is 0 Å². The minimum Gasteiger partial charge on any atom is -0.508 e. The van der Waals surface area contributed by atoms with Crippen LogP contribution in [-0.4, -0.2) is 16.2 Å². The van der Waals surface area contributed by atoms with Crippen LogP contribution in [0.25, 0.3) is 0 Å². The third kappa shape index (κ3) is 2.21. The zero-order valence-electron chi connectivity index (χ0n) is 7.61. The molecule has 13 heavy (non-hydrogen) atoms. The van der Waals surface area contributed by atoms with Crippen molar-refractivity contribution in [1.29, 1.82) is 0 Å². The summed E-state index contributed by atoms with van der Waals surface area (Å²) in [4.78, 5) is 10.6. The minimum atomic E-state index is -0.884. The van der Waals surface area contributed by atoms with E-state index in [0.717, 1.165) is 5.56 Å². The molecule has 0 fully saturated rings. The van der Waals surface area contributed by atoms with Crippen molar-refractivity contribution >= 4 is 5.97 Å². The number of hydrogen-bond acceptors (Lipinski definition) is 2. The molecule has 1 rings (SSSR count). The second kappa shape index (κ2) is 3.47. The first-order chi connectivity index (χ1) is 6.00. The fourth-order valence-corrected chi connectivity index (χ4v) is 1.18. The highest BCUT2D eigenvalue weighted by Crippen LogP contribution is 2.22. The quantitative estimate of drug-likeness (QED) is 0.730. The average Bonchev–Trinajstić information content (AvgIpc) is 2.01. The molecule has 3 heteroatoms. The number of hydrogen-bond donors (Lipinski definition) is 2.